The number of carbonyl (C=O) groups is 1. The van der Waals surface area contributed by atoms with Gasteiger partial charge in [0.1, 0.15) is 11.6 Å². The molecule has 3 nitrogen and oxygen atoms in total. The van der Waals surface area contributed by atoms with E-state index in [9.17, 15) is 14.3 Å². The van der Waals surface area contributed by atoms with Crippen molar-refractivity contribution in [3.05, 3.63) is 52.8 Å². The molecular weight excluding hydrogens is 259 g/mol. The highest BCUT2D eigenvalue weighted by molar-refractivity contribution is 6.32. The number of aromatic carboxylic acids is 1. The van der Waals surface area contributed by atoms with Gasteiger partial charge in [0.15, 0.2) is 0 Å². The fourth-order valence-corrected chi connectivity index (χ4v) is 1.75. The molecule has 0 amide bonds. The smallest absolute Gasteiger partial charge is 0.335 e. The summed E-state index contributed by atoms with van der Waals surface area (Å²) in [7, 11) is 0. The predicted octanol–water partition coefficient (Wildman–Crippen LogP) is 3.55. The standard InChI is InChI=1S/C13H8ClFO3/c14-11-6-7(1-2-12(11)16)8-3-9(13(17)18)5-10(15)4-8/h1-6,16H,(H,17,18). The van der Waals surface area contributed by atoms with Crippen LogP contribution in [-0.2, 0) is 0 Å². The minimum atomic E-state index is -1.21. The Morgan fingerprint density at radius 1 is 1.11 bits per heavy atom. The summed E-state index contributed by atoms with van der Waals surface area (Å²) >= 11 is 5.75. The summed E-state index contributed by atoms with van der Waals surface area (Å²) < 4.78 is 13.3. The van der Waals surface area contributed by atoms with Gasteiger partial charge in [0.05, 0.1) is 10.6 Å². The molecular formula is C13H8ClFO3. The van der Waals surface area contributed by atoms with Gasteiger partial charge < -0.3 is 10.2 Å². The summed E-state index contributed by atoms with van der Waals surface area (Å²) in [5.41, 5.74) is 0.767. The molecule has 18 heavy (non-hydrogen) atoms. The number of rotatable bonds is 2. The third kappa shape index (κ3) is 2.43. The molecule has 0 aliphatic heterocycles. The second-order valence-corrected chi connectivity index (χ2v) is 4.11. The summed E-state index contributed by atoms with van der Waals surface area (Å²) in [6.07, 6.45) is 0. The zero-order valence-corrected chi connectivity index (χ0v) is 9.78. The van der Waals surface area contributed by atoms with Gasteiger partial charge in [-0.1, -0.05) is 17.7 Å². The average Bonchev–Trinajstić information content (AvgIpc) is 2.31. The van der Waals surface area contributed by atoms with E-state index in [0.29, 0.717) is 11.1 Å². The van der Waals surface area contributed by atoms with Crippen molar-refractivity contribution in [3.8, 4) is 16.9 Å². The Morgan fingerprint density at radius 3 is 2.44 bits per heavy atom. The van der Waals surface area contributed by atoms with Gasteiger partial charge in [-0.25, -0.2) is 9.18 Å². The highest BCUT2D eigenvalue weighted by atomic mass is 35.5. The topological polar surface area (TPSA) is 57.5 Å². The lowest BCUT2D eigenvalue weighted by molar-refractivity contribution is 0.0696. The third-order valence-corrected chi connectivity index (χ3v) is 2.73. The lowest BCUT2D eigenvalue weighted by Gasteiger charge is -2.05. The summed E-state index contributed by atoms with van der Waals surface area (Å²) in [5.74, 6) is -1.94. The average molecular weight is 267 g/mol. The van der Waals surface area contributed by atoms with Crippen molar-refractivity contribution in [2.45, 2.75) is 0 Å². The second kappa shape index (κ2) is 4.66. The van der Waals surface area contributed by atoms with E-state index in [1.807, 2.05) is 0 Å². The van der Waals surface area contributed by atoms with Crippen LogP contribution in [0.2, 0.25) is 5.02 Å². The second-order valence-electron chi connectivity index (χ2n) is 3.70. The van der Waals surface area contributed by atoms with Gasteiger partial charge >= 0.3 is 5.97 Å². The summed E-state index contributed by atoms with van der Waals surface area (Å²) in [5, 5.41) is 18.3. The zero-order chi connectivity index (χ0) is 13.3. The Kier molecular flexibility index (Phi) is 3.21. The monoisotopic (exact) mass is 266 g/mol. The van der Waals surface area contributed by atoms with E-state index in [2.05, 4.69) is 0 Å². The maximum Gasteiger partial charge on any atom is 0.335 e. The van der Waals surface area contributed by atoms with Crippen LogP contribution in [0.25, 0.3) is 11.1 Å². The van der Waals surface area contributed by atoms with Gasteiger partial charge in [-0.15, -0.1) is 0 Å². The van der Waals surface area contributed by atoms with E-state index in [-0.39, 0.29) is 16.3 Å². The van der Waals surface area contributed by atoms with E-state index >= 15 is 0 Å². The van der Waals surface area contributed by atoms with Crippen molar-refractivity contribution in [1.29, 1.82) is 0 Å². The quantitative estimate of drug-likeness (QED) is 0.874. The molecule has 0 spiro atoms. The first-order chi connectivity index (χ1) is 8.47. The van der Waals surface area contributed by atoms with Crippen LogP contribution in [0.5, 0.6) is 5.75 Å². The Labute approximate surface area is 107 Å². The number of hydrogen-bond donors (Lipinski definition) is 2. The first-order valence-corrected chi connectivity index (χ1v) is 5.38. The SMILES string of the molecule is O=C(O)c1cc(F)cc(-c2ccc(O)c(Cl)c2)c1. The van der Waals surface area contributed by atoms with Crippen molar-refractivity contribution < 1.29 is 19.4 Å². The summed E-state index contributed by atoms with van der Waals surface area (Å²) in [6, 6.07) is 7.82. The first-order valence-electron chi connectivity index (χ1n) is 5.00. The number of carboxylic acids is 1. The van der Waals surface area contributed by atoms with Crippen LogP contribution < -0.4 is 0 Å². The van der Waals surface area contributed by atoms with Crippen LogP contribution in [0.1, 0.15) is 10.4 Å². The number of carboxylic acid groups (broad SMARTS) is 1. The maximum atomic E-state index is 13.3. The number of aromatic hydroxyl groups is 1. The molecule has 0 unspecified atom stereocenters. The molecule has 0 saturated carbocycles. The molecule has 0 heterocycles. The molecule has 5 heteroatoms. The largest absolute Gasteiger partial charge is 0.506 e. The zero-order valence-electron chi connectivity index (χ0n) is 9.02. The fraction of sp³-hybridized carbons (Fsp3) is 0. The number of benzene rings is 2. The van der Waals surface area contributed by atoms with Crippen molar-refractivity contribution in [2.75, 3.05) is 0 Å². The maximum absolute atomic E-state index is 13.3. The summed E-state index contributed by atoms with van der Waals surface area (Å²) in [6.45, 7) is 0. The Morgan fingerprint density at radius 2 is 1.83 bits per heavy atom. The van der Waals surface area contributed by atoms with Gasteiger partial charge in [0.25, 0.3) is 0 Å². The third-order valence-electron chi connectivity index (χ3n) is 2.43. The Balaban J connectivity index is 2.56. The van der Waals surface area contributed by atoms with Crippen molar-refractivity contribution >= 4 is 17.6 Å². The summed E-state index contributed by atoms with van der Waals surface area (Å²) in [4.78, 5) is 10.8. The van der Waals surface area contributed by atoms with Gasteiger partial charge in [0.2, 0.25) is 0 Å². The number of halogens is 2. The molecule has 0 saturated heterocycles. The Bertz CT molecular complexity index is 626. The van der Waals surface area contributed by atoms with Crippen molar-refractivity contribution in [3.63, 3.8) is 0 Å². The number of hydrogen-bond acceptors (Lipinski definition) is 2. The molecule has 0 fully saturated rings. The molecule has 0 aliphatic rings. The molecule has 2 aromatic rings. The van der Waals surface area contributed by atoms with Crippen molar-refractivity contribution in [2.24, 2.45) is 0 Å². The van der Waals surface area contributed by atoms with Crippen LogP contribution in [-0.4, -0.2) is 16.2 Å². The minimum Gasteiger partial charge on any atom is -0.506 e. The lowest BCUT2D eigenvalue weighted by atomic mass is 10.0. The van der Waals surface area contributed by atoms with E-state index in [1.165, 1.54) is 30.3 Å². The molecule has 2 N–H and O–H groups in total. The highest BCUT2D eigenvalue weighted by Gasteiger charge is 2.09. The Hall–Kier alpha value is -2.07. The van der Waals surface area contributed by atoms with Gasteiger partial charge in [-0.3, -0.25) is 0 Å². The number of phenolic OH excluding ortho intramolecular Hbond substituents is 1. The van der Waals surface area contributed by atoms with E-state index in [1.54, 1.807) is 0 Å². The normalized spacial score (nSPS) is 10.3. The van der Waals surface area contributed by atoms with Crippen LogP contribution >= 0.6 is 11.6 Å². The van der Waals surface area contributed by atoms with Crippen LogP contribution in [0, 0.1) is 5.82 Å². The molecule has 0 aliphatic carbocycles. The van der Waals surface area contributed by atoms with E-state index in [0.717, 1.165) is 6.07 Å². The van der Waals surface area contributed by atoms with Crippen LogP contribution in [0.3, 0.4) is 0 Å². The van der Waals surface area contributed by atoms with Gasteiger partial charge in [-0.05, 0) is 41.5 Å². The lowest BCUT2D eigenvalue weighted by Crippen LogP contribution is -1.97. The molecule has 0 atom stereocenters. The van der Waals surface area contributed by atoms with Gasteiger partial charge in [-0.2, -0.15) is 0 Å². The molecule has 0 aromatic heterocycles. The molecule has 92 valence electrons. The molecule has 0 radical (unpaired) electrons. The van der Waals surface area contributed by atoms with Crippen LogP contribution in [0.4, 0.5) is 4.39 Å². The van der Waals surface area contributed by atoms with Crippen molar-refractivity contribution in [1.82, 2.24) is 0 Å². The number of phenols is 1. The van der Waals surface area contributed by atoms with E-state index < -0.39 is 11.8 Å². The molecule has 2 aromatic carbocycles. The van der Waals surface area contributed by atoms with Gasteiger partial charge in [0, 0.05) is 0 Å². The van der Waals surface area contributed by atoms with E-state index in [4.69, 9.17) is 16.7 Å². The minimum absolute atomic E-state index is 0.0877. The highest BCUT2D eigenvalue weighted by Crippen LogP contribution is 2.30. The molecule has 0 bridgehead atoms. The molecule has 2 rings (SSSR count). The fourth-order valence-electron chi connectivity index (χ4n) is 1.57. The predicted molar refractivity (Wildman–Crippen MR) is 65.5 cm³/mol. The van der Waals surface area contributed by atoms with Crippen LogP contribution in [0.15, 0.2) is 36.4 Å². The first kappa shape index (κ1) is 12.4.